The number of hydrogen-bond donors (Lipinski definition) is 39. The Bertz CT molecular complexity index is 4080. The zero-order valence-electron chi connectivity index (χ0n) is 80.7. The second kappa shape index (κ2) is 50.3. The van der Waals surface area contributed by atoms with Crippen LogP contribution in [0.5, 0.6) is 0 Å². The Morgan fingerprint density at radius 2 is 0.655 bits per heavy atom. The number of ether oxygens (including phenoxy) is 12. The molecule has 0 spiro atoms. The first-order valence-corrected chi connectivity index (χ1v) is 48.2. The standard InChI is InChI=1S/C30H57N7O13.C28H53N7O12.C27H50N6O12/c1-29(45)11-47-26(22(44)25(29)35-2)49-23-12(7-17(39)30(46)8-16(30)37-28(33)34)6-14(32)24(21(23)43)50-27-20(42)19(41)18(40)15(48-27)10-36-9-13(38)4-3-5-31;1-27(42)10-44-24(20(41)23(27)33-2)46-21-11(7-15(36)28(43)8-14(28)35-26(31)32)6-12(30)22(19(21)40)47-25-18(39)17(38)16(37)13(45-25)9-34-5-3-4-29;1-4-32-8-12-15(35)16(36)17(37)24(43-12)45-21-11(28)5-10(6-14(34)27(41)7-13(27)33-25(29)30)20(18(21)38)44-23-19(39)22(31-3)26(2,40)9-42-23/h12-16,18-27,35-36,38,40-46H,3-11,31-32H2,1-2H3,(H4,33,34,37);11-14,16-25,33-34,37-43H,3-10,29-30H2,1-2H3,(H4,31,32,35);10-13,15-24,31-32,35-41H,4-9,28H2,1-3H3,(H4,29,30,33)/t12-,13?,14-,15+,16?,18+,19-,20+,21+,22+,23-,24?,25+,26+,27+,29-,30?;11-,12-,13+,14?,16+,17-,18+,19+,20+,21-,22?,23+,24+,25+,27-,28?;10-,11-,12+,13?,15+,16-,17+,18+,19+,20-,21?,22+,23+,24+,26-,27?/m000/s1. The highest BCUT2D eigenvalue weighted by atomic mass is 16.8. The Labute approximate surface area is 819 Å². The zero-order chi connectivity index (χ0) is 105. The van der Waals surface area contributed by atoms with Gasteiger partial charge in [-0.05, 0) is 124 Å². The second-order valence-electron chi connectivity index (χ2n) is 40.4. The molecule has 10 unspecified atom stereocenters. The number of rotatable bonds is 42. The summed E-state index contributed by atoms with van der Waals surface area (Å²) in [6, 6.07) is -8.13. The van der Waals surface area contributed by atoms with Crippen molar-refractivity contribution in [3.63, 3.8) is 0 Å². The van der Waals surface area contributed by atoms with Crippen molar-refractivity contribution in [1.82, 2.24) is 31.9 Å². The summed E-state index contributed by atoms with van der Waals surface area (Å²) in [6.07, 6.45) is -43.5. The minimum Gasteiger partial charge on any atom is -0.392 e. The highest BCUT2D eigenvalue weighted by Crippen LogP contribution is 2.49. The fourth-order valence-electron chi connectivity index (χ4n) is 20.4. The van der Waals surface area contributed by atoms with E-state index in [-0.39, 0.29) is 122 Å². The van der Waals surface area contributed by atoms with E-state index in [0.29, 0.717) is 45.4 Å². The third kappa shape index (κ3) is 28.1. The van der Waals surface area contributed by atoms with E-state index in [1.165, 1.54) is 41.9 Å². The van der Waals surface area contributed by atoms with Gasteiger partial charge < -0.3 is 264 Å². The van der Waals surface area contributed by atoms with Gasteiger partial charge in [0, 0.05) is 82.8 Å². The molecule has 12 fully saturated rings. The van der Waals surface area contributed by atoms with E-state index in [1.807, 2.05) is 6.92 Å². The van der Waals surface area contributed by atoms with Gasteiger partial charge in [0.05, 0.1) is 80.5 Å². The first kappa shape index (κ1) is 119. The van der Waals surface area contributed by atoms with Crippen LogP contribution in [-0.2, 0) is 71.2 Å². The highest BCUT2D eigenvalue weighted by Gasteiger charge is 2.66. The van der Waals surface area contributed by atoms with E-state index in [4.69, 9.17) is 120 Å². The van der Waals surface area contributed by atoms with Gasteiger partial charge in [-0.1, -0.05) is 6.92 Å². The lowest BCUT2D eigenvalue weighted by molar-refractivity contribution is -0.333. The van der Waals surface area contributed by atoms with Crippen molar-refractivity contribution in [1.29, 1.82) is 0 Å². The molecule has 0 aromatic heterocycles. The van der Waals surface area contributed by atoms with Crippen molar-refractivity contribution in [2.45, 2.75) is 383 Å². The Balaban J connectivity index is 0.000000219. The lowest BCUT2D eigenvalue weighted by Crippen LogP contribution is -2.67. The van der Waals surface area contributed by atoms with Gasteiger partial charge >= 0.3 is 0 Å². The first-order valence-electron chi connectivity index (χ1n) is 48.2. The first-order chi connectivity index (χ1) is 66.5. The number of Topliss-reactive ketones (excluding diaryl/α,β-unsaturated/α-hetero) is 3. The highest BCUT2D eigenvalue weighted by molar-refractivity contribution is 5.94. The molecule has 0 aromatic rings. The van der Waals surface area contributed by atoms with Gasteiger partial charge in [0.25, 0.3) is 0 Å². The molecule has 57 heteroatoms. The third-order valence-electron chi connectivity index (χ3n) is 28.9. The lowest BCUT2D eigenvalue weighted by Gasteiger charge is -2.49. The summed E-state index contributed by atoms with van der Waals surface area (Å²) in [5.41, 5.74) is 53.0. The summed E-state index contributed by atoms with van der Waals surface area (Å²) in [4.78, 5) is 51.5. The van der Waals surface area contributed by atoms with Crippen LogP contribution in [0.2, 0.25) is 0 Å². The SMILES string of the molecule is CCNC[C@H]1O[C@H](OC2[C@@H](N)C[C@@H](CC(=O)C3(O)CC3N=C(N)N)[C@H](O[C@H]3OC[C@](C)(O)[C@H](NC)[C@H]3O)[C@H]2O)[C@H](O)[C@@H](O)[C@@H]1O.CN[C@@H]1[C@@H](O)[C@@H](O[C@H]2[C@H](CC(=O)C3(O)CC3N=C(N)N)C[C@H](N)C(O[C@H]3O[C@H](CNCC(O)CCCN)[C@@H](O)[C@H](O)[C@H]3O)[C@@H]2O)OC[C@]1(C)O.CN[C@@H]1[C@@H](O)[C@@H](O[C@H]2[C@H](CC(=O)C3(O)CC3N=C(N)N)C[C@H](N)C(O[C@H]3O[C@H](CNCCCN)[C@@H](O)[C@H](O)[C@H]3O)[C@@H]2O)OC[C@]1(C)O. The number of hydrogen-bond acceptors (Lipinski definition) is 51. The number of guanidine groups is 3. The van der Waals surface area contributed by atoms with Crippen LogP contribution in [0.25, 0.3) is 0 Å². The molecule has 50 N–H and O–H groups in total. The topological polar surface area (TPSA) is 1000 Å². The molecule has 0 bridgehead atoms. The van der Waals surface area contributed by atoms with E-state index in [0.717, 1.165) is 0 Å². The Hall–Kier alpha value is -4.98. The van der Waals surface area contributed by atoms with Gasteiger partial charge in [-0.15, -0.1) is 0 Å². The number of nitrogens with two attached hydrogens (primary N) is 11. The van der Waals surface area contributed by atoms with E-state index < -0.39 is 313 Å². The van der Waals surface area contributed by atoms with Gasteiger partial charge in [0.2, 0.25) is 0 Å². The molecule has 0 aromatic carbocycles. The smallest absolute Gasteiger partial charge is 0.187 e. The Morgan fingerprint density at radius 1 is 0.380 bits per heavy atom. The van der Waals surface area contributed by atoms with Crippen molar-refractivity contribution in [3.8, 4) is 0 Å². The average molecular weight is 2050 g/mol. The number of ketones is 3. The van der Waals surface area contributed by atoms with Crippen LogP contribution in [0.1, 0.15) is 105 Å². The minimum atomic E-state index is -1.84. The molecule has 0 radical (unpaired) electrons. The van der Waals surface area contributed by atoms with Crippen LogP contribution in [-0.4, -0.2) is 519 Å². The molecule has 57 nitrogen and oxygen atoms in total. The number of aliphatic hydroxyl groups is 22. The van der Waals surface area contributed by atoms with Crippen LogP contribution in [0.15, 0.2) is 15.0 Å². The van der Waals surface area contributed by atoms with Gasteiger partial charge in [-0.3, -0.25) is 14.4 Å². The van der Waals surface area contributed by atoms with Crippen LogP contribution >= 0.6 is 0 Å². The molecule has 12 rings (SSSR count). The molecular weight excluding hydrogens is 1890 g/mol. The Kier molecular flexibility index (Phi) is 42.1. The fraction of sp³-hybridized carbons (Fsp3) is 0.929. The number of nitrogens with zero attached hydrogens (tertiary/aromatic N) is 3. The van der Waals surface area contributed by atoms with Crippen LogP contribution in [0.3, 0.4) is 0 Å². The predicted octanol–water partition coefficient (Wildman–Crippen LogP) is -20.6. The summed E-state index contributed by atoms with van der Waals surface area (Å²) < 4.78 is 70.6. The van der Waals surface area contributed by atoms with Crippen molar-refractivity contribution < 1.29 is 184 Å². The summed E-state index contributed by atoms with van der Waals surface area (Å²) in [5, 5.41) is 256. The largest absolute Gasteiger partial charge is 0.392 e. The Morgan fingerprint density at radius 3 is 0.923 bits per heavy atom. The molecule has 6 aliphatic carbocycles. The van der Waals surface area contributed by atoms with Crippen molar-refractivity contribution in [2.24, 2.45) is 95.8 Å². The maximum absolute atomic E-state index is 13.3. The monoisotopic (exact) mass is 2050 g/mol. The molecule has 49 atom stereocenters. The zero-order valence-corrected chi connectivity index (χ0v) is 80.7. The lowest BCUT2D eigenvalue weighted by atomic mass is 9.76. The fourth-order valence-corrected chi connectivity index (χ4v) is 20.4. The molecule has 142 heavy (non-hydrogen) atoms. The van der Waals surface area contributed by atoms with Crippen molar-refractivity contribution in [2.75, 3.05) is 93.3 Å². The molecule has 6 saturated carbocycles. The van der Waals surface area contributed by atoms with Crippen LogP contribution in [0.4, 0.5) is 0 Å². The number of aliphatic hydroxyl groups excluding tert-OH is 16. The number of nitrogens with one attached hydrogen (secondary N) is 6. The number of likely N-dealkylation sites (N-methyl/N-ethyl adjacent to an activating group) is 4. The van der Waals surface area contributed by atoms with E-state index in [2.05, 4.69) is 46.9 Å². The van der Waals surface area contributed by atoms with Crippen LogP contribution in [0, 0.1) is 17.8 Å². The second-order valence-corrected chi connectivity index (χ2v) is 40.4. The minimum absolute atomic E-state index is 0.000959. The molecule has 6 saturated heterocycles. The van der Waals surface area contributed by atoms with Gasteiger partial charge in [-0.25, -0.2) is 15.0 Å². The number of aliphatic imine (C=N–C) groups is 3. The number of carbonyl (C=O) groups excluding carboxylic acids is 3. The van der Waals surface area contributed by atoms with Crippen molar-refractivity contribution >= 4 is 35.2 Å². The van der Waals surface area contributed by atoms with E-state index >= 15 is 0 Å². The van der Waals surface area contributed by atoms with Crippen molar-refractivity contribution in [3.05, 3.63) is 0 Å². The summed E-state index contributed by atoms with van der Waals surface area (Å²) in [7, 11) is 4.61. The van der Waals surface area contributed by atoms with Crippen LogP contribution < -0.4 is 95.0 Å². The maximum Gasteiger partial charge on any atom is 0.187 e. The summed E-state index contributed by atoms with van der Waals surface area (Å²) in [6.45, 7) is 7.75. The van der Waals surface area contributed by atoms with Gasteiger partial charge in [-0.2, -0.15) is 0 Å². The molecule has 6 heterocycles. The van der Waals surface area contributed by atoms with Gasteiger partial charge in [0.15, 0.2) is 73.0 Å². The van der Waals surface area contributed by atoms with E-state index in [1.54, 1.807) is 0 Å². The maximum atomic E-state index is 13.3. The molecule has 6 aliphatic heterocycles. The normalized spacial score (nSPS) is 46.9. The summed E-state index contributed by atoms with van der Waals surface area (Å²) in [5.74, 6) is -5.24. The molecule has 822 valence electrons. The molecule has 0 amide bonds. The molecular formula is C85H160N20O37. The molecule has 12 aliphatic rings. The summed E-state index contributed by atoms with van der Waals surface area (Å²) >= 11 is 0. The van der Waals surface area contributed by atoms with Gasteiger partial charge in [0.1, 0.15) is 162 Å². The van der Waals surface area contributed by atoms with E-state index in [9.17, 15) is 127 Å². The number of carbonyl (C=O) groups is 3. The quantitative estimate of drug-likeness (QED) is 0.0153. The third-order valence-corrected chi connectivity index (χ3v) is 28.9. The average Bonchev–Trinajstić information content (AvgIpc) is 1.59. The predicted molar refractivity (Wildman–Crippen MR) is 492 cm³/mol.